The largest absolute Gasteiger partial charge is 0.496 e. The van der Waals surface area contributed by atoms with Crippen LogP contribution in [0.25, 0.3) is 0 Å². The molecule has 0 spiro atoms. The molecule has 1 heterocycles. The number of hydrogen-bond acceptors (Lipinski definition) is 4. The van der Waals surface area contributed by atoms with Crippen molar-refractivity contribution < 1.29 is 4.74 Å². The Morgan fingerprint density at radius 1 is 1.53 bits per heavy atom. The van der Waals surface area contributed by atoms with Crippen LogP contribution in [0, 0.1) is 0 Å². The number of hydrogen-bond donors (Lipinski definition) is 2. The lowest BCUT2D eigenvalue weighted by molar-refractivity contribution is 0.402. The quantitative estimate of drug-likeness (QED) is 0.648. The molecule has 0 aromatic heterocycles. The van der Waals surface area contributed by atoms with Crippen molar-refractivity contribution >= 4 is 23.4 Å². The second kappa shape index (κ2) is 7.39. The van der Waals surface area contributed by atoms with Crippen molar-refractivity contribution in [2.75, 3.05) is 12.9 Å². The van der Waals surface area contributed by atoms with Crippen LogP contribution in [0.15, 0.2) is 18.2 Å². The second-order valence-corrected chi connectivity index (χ2v) is 6.62. The third kappa shape index (κ3) is 4.02. The molecule has 2 unspecified atom stereocenters. The third-order valence-corrected chi connectivity index (χ3v) is 5.31. The predicted molar refractivity (Wildman–Crippen MR) is 82.9 cm³/mol. The highest BCUT2D eigenvalue weighted by molar-refractivity contribution is 8.00. The Hall–Kier alpha value is -0.420. The van der Waals surface area contributed by atoms with Crippen LogP contribution in [-0.2, 0) is 6.42 Å². The first-order valence-corrected chi connectivity index (χ1v) is 8.07. The number of ether oxygens (including phenoxy) is 1. The summed E-state index contributed by atoms with van der Waals surface area (Å²) in [5.74, 6) is 7.86. The standard InChI is InChI=1S/C14H21ClN2OS/c1-18-13-6-5-11(15)8-10(13)9-12(17-16)14-4-2-3-7-19-14/h5-6,8,12,14,17H,2-4,7,9,16H2,1H3. The lowest BCUT2D eigenvalue weighted by Gasteiger charge is -2.29. The summed E-state index contributed by atoms with van der Waals surface area (Å²) in [6, 6.07) is 6.00. The molecule has 1 aromatic rings. The monoisotopic (exact) mass is 300 g/mol. The maximum atomic E-state index is 6.07. The van der Waals surface area contributed by atoms with Gasteiger partial charge in [0.25, 0.3) is 0 Å². The van der Waals surface area contributed by atoms with Crippen LogP contribution >= 0.6 is 23.4 Å². The van der Waals surface area contributed by atoms with E-state index in [4.69, 9.17) is 22.2 Å². The molecule has 5 heteroatoms. The molecule has 0 radical (unpaired) electrons. The molecule has 0 aliphatic carbocycles. The van der Waals surface area contributed by atoms with E-state index >= 15 is 0 Å². The maximum absolute atomic E-state index is 6.07. The van der Waals surface area contributed by atoms with Gasteiger partial charge in [-0.15, -0.1) is 0 Å². The fourth-order valence-corrected chi connectivity index (χ4v) is 4.13. The van der Waals surface area contributed by atoms with Gasteiger partial charge in [0.2, 0.25) is 0 Å². The summed E-state index contributed by atoms with van der Waals surface area (Å²) < 4.78 is 5.40. The zero-order valence-corrected chi connectivity index (χ0v) is 12.8. The van der Waals surface area contributed by atoms with Gasteiger partial charge in [-0.05, 0) is 48.8 Å². The van der Waals surface area contributed by atoms with Crippen LogP contribution in [0.3, 0.4) is 0 Å². The summed E-state index contributed by atoms with van der Waals surface area (Å²) in [4.78, 5) is 0. The molecule has 1 saturated heterocycles. The average Bonchev–Trinajstić information content (AvgIpc) is 2.46. The number of hydrazine groups is 1. The number of halogens is 1. The molecule has 1 aliphatic rings. The number of nitrogens with two attached hydrogens (primary N) is 1. The minimum atomic E-state index is 0.262. The summed E-state index contributed by atoms with van der Waals surface area (Å²) in [7, 11) is 1.69. The normalized spacial score (nSPS) is 21.1. The Labute approximate surface area is 124 Å². The van der Waals surface area contributed by atoms with Gasteiger partial charge in [-0.25, -0.2) is 0 Å². The van der Waals surface area contributed by atoms with Crippen LogP contribution in [0.5, 0.6) is 5.75 Å². The van der Waals surface area contributed by atoms with Gasteiger partial charge in [-0.3, -0.25) is 11.3 Å². The van der Waals surface area contributed by atoms with Gasteiger partial charge in [0.15, 0.2) is 0 Å². The average molecular weight is 301 g/mol. The van der Waals surface area contributed by atoms with E-state index < -0.39 is 0 Å². The van der Waals surface area contributed by atoms with E-state index in [9.17, 15) is 0 Å². The van der Waals surface area contributed by atoms with Crippen molar-refractivity contribution in [2.45, 2.75) is 37.0 Å². The number of thioether (sulfide) groups is 1. The first kappa shape index (κ1) is 15.0. The molecule has 1 fully saturated rings. The maximum Gasteiger partial charge on any atom is 0.122 e. The Kier molecular flexibility index (Phi) is 5.82. The van der Waals surface area contributed by atoms with E-state index in [0.29, 0.717) is 5.25 Å². The van der Waals surface area contributed by atoms with Crippen molar-refractivity contribution in [1.82, 2.24) is 5.43 Å². The van der Waals surface area contributed by atoms with Crippen LogP contribution in [-0.4, -0.2) is 24.2 Å². The summed E-state index contributed by atoms with van der Waals surface area (Å²) in [5, 5.41) is 1.31. The summed E-state index contributed by atoms with van der Waals surface area (Å²) >= 11 is 8.09. The van der Waals surface area contributed by atoms with Gasteiger partial charge in [0.1, 0.15) is 5.75 Å². The van der Waals surface area contributed by atoms with Gasteiger partial charge in [-0.2, -0.15) is 11.8 Å². The minimum Gasteiger partial charge on any atom is -0.496 e. The molecule has 106 valence electrons. The van der Waals surface area contributed by atoms with Gasteiger partial charge in [0, 0.05) is 16.3 Å². The lowest BCUT2D eigenvalue weighted by atomic mass is 9.99. The number of rotatable bonds is 5. The highest BCUT2D eigenvalue weighted by atomic mass is 35.5. The van der Waals surface area contributed by atoms with E-state index in [1.54, 1.807) is 7.11 Å². The summed E-state index contributed by atoms with van der Waals surface area (Å²) in [5.41, 5.74) is 4.09. The molecule has 0 bridgehead atoms. The van der Waals surface area contributed by atoms with Crippen LogP contribution < -0.4 is 16.0 Å². The van der Waals surface area contributed by atoms with Crippen molar-refractivity contribution in [3.05, 3.63) is 28.8 Å². The summed E-state index contributed by atoms with van der Waals surface area (Å²) in [6.45, 7) is 0. The molecule has 2 rings (SSSR count). The minimum absolute atomic E-state index is 0.262. The van der Waals surface area contributed by atoms with Gasteiger partial charge < -0.3 is 4.74 Å². The Balaban J connectivity index is 2.10. The van der Waals surface area contributed by atoms with E-state index in [-0.39, 0.29) is 6.04 Å². The summed E-state index contributed by atoms with van der Waals surface area (Å²) in [6.07, 6.45) is 4.68. The topological polar surface area (TPSA) is 47.3 Å². The van der Waals surface area contributed by atoms with Gasteiger partial charge in [0.05, 0.1) is 7.11 Å². The van der Waals surface area contributed by atoms with E-state index in [1.807, 2.05) is 30.0 Å². The van der Waals surface area contributed by atoms with E-state index in [0.717, 1.165) is 22.8 Å². The highest BCUT2D eigenvalue weighted by Crippen LogP contribution is 2.31. The Morgan fingerprint density at radius 2 is 2.37 bits per heavy atom. The molecule has 3 N–H and O–H groups in total. The fraction of sp³-hybridized carbons (Fsp3) is 0.571. The lowest BCUT2D eigenvalue weighted by Crippen LogP contribution is -2.45. The molecular formula is C14H21ClN2OS. The SMILES string of the molecule is COc1ccc(Cl)cc1CC(NN)C1CCCCS1. The fourth-order valence-electron chi connectivity index (χ4n) is 2.52. The van der Waals surface area contributed by atoms with E-state index in [1.165, 1.54) is 25.0 Å². The molecule has 1 aromatic carbocycles. The van der Waals surface area contributed by atoms with Crippen LogP contribution in [0.2, 0.25) is 5.02 Å². The number of methoxy groups -OCH3 is 1. The second-order valence-electron chi connectivity index (χ2n) is 4.84. The smallest absolute Gasteiger partial charge is 0.122 e. The first-order valence-electron chi connectivity index (χ1n) is 6.64. The Morgan fingerprint density at radius 3 is 3.00 bits per heavy atom. The Bertz CT molecular complexity index is 410. The van der Waals surface area contributed by atoms with E-state index in [2.05, 4.69) is 5.43 Å². The molecule has 3 nitrogen and oxygen atoms in total. The van der Waals surface area contributed by atoms with Crippen molar-refractivity contribution in [3.63, 3.8) is 0 Å². The van der Waals surface area contributed by atoms with Gasteiger partial charge in [-0.1, -0.05) is 18.0 Å². The molecule has 1 aliphatic heterocycles. The third-order valence-electron chi connectivity index (χ3n) is 3.56. The van der Waals surface area contributed by atoms with Gasteiger partial charge >= 0.3 is 0 Å². The van der Waals surface area contributed by atoms with Crippen molar-refractivity contribution in [3.8, 4) is 5.75 Å². The van der Waals surface area contributed by atoms with Crippen molar-refractivity contribution in [2.24, 2.45) is 5.84 Å². The predicted octanol–water partition coefficient (Wildman–Crippen LogP) is 3.01. The molecule has 2 atom stereocenters. The van der Waals surface area contributed by atoms with Crippen LogP contribution in [0.1, 0.15) is 24.8 Å². The molecule has 0 amide bonds. The molecular weight excluding hydrogens is 280 g/mol. The zero-order valence-electron chi connectivity index (χ0n) is 11.2. The number of nitrogens with one attached hydrogen (secondary N) is 1. The van der Waals surface area contributed by atoms with Crippen molar-refractivity contribution in [1.29, 1.82) is 0 Å². The zero-order chi connectivity index (χ0) is 13.7. The molecule has 19 heavy (non-hydrogen) atoms. The first-order chi connectivity index (χ1) is 9.24. The van der Waals surface area contributed by atoms with Crippen LogP contribution in [0.4, 0.5) is 0 Å². The highest BCUT2D eigenvalue weighted by Gasteiger charge is 2.24. The number of benzene rings is 1. The molecule has 0 saturated carbocycles.